The van der Waals surface area contributed by atoms with Gasteiger partial charge in [-0.3, -0.25) is 0 Å². The van der Waals surface area contributed by atoms with Crippen LogP contribution in [0.15, 0.2) is 23.1 Å². The van der Waals surface area contributed by atoms with Gasteiger partial charge in [0.2, 0.25) is 10.0 Å². The predicted molar refractivity (Wildman–Crippen MR) is 81.0 cm³/mol. The molecule has 6 heteroatoms. The van der Waals surface area contributed by atoms with Gasteiger partial charge in [0.1, 0.15) is 5.82 Å². The first-order valence-corrected chi connectivity index (χ1v) is 8.91. The number of nitrogens with one attached hydrogen (secondary N) is 1. The summed E-state index contributed by atoms with van der Waals surface area (Å²) in [5.41, 5.74) is 0.399. The summed E-state index contributed by atoms with van der Waals surface area (Å²) in [5.74, 6) is -0.368. The molecule has 0 bridgehead atoms. The molecule has 1 heterocycles. The molecule has 1 saturated heterocycles. The Balaban J connectivity index is 2.25. The number of hydrogen-bond donors (Lipinski definition) is 1. The highest BCUT2D eigenvalue weighted by molar-refractivity contribution is 7.89. The van der Waals surface area contributed by atoms with Gasteiger partial charge in [-0.15, -0.1) is 0 Å². The van der Waals surface area contributed by atoms with Gasteiger partial charge < -0.3 is 5.32 Å². The Hall–Kier alpha value is -0.980. The molecule has 1 unspecified atom stereocenters. The molecule has 0 amide bonds. The molecule has 0 aromatic heterocycles. The van der Waals surface area contributed by atoms with Crippen LogP contribution in [0.3, 0.4) is 0 Å². The quantitative estimate of drug-likeness (QED) is 0.821. The minimum absolute atomic E-state index is 0.0155. The van der Waals surface area contributed by atoms with E-state index in [2.05, 4.69) is 5.32 Å². The zero-order valence-electron chi connectivity index (χ0n) is 12.6. The lowest BCUT2D eigenvalue weighted by atomic mass is 10.2. The van der Waals surface area contributed by atoms with E-state index in [9.17, 15) is 12.8 Å². The summed E-state index contributed by atoms with van der Waals surface area (Å²) in [6, 6.07) is 4.08. The van der Waals surface area contributed by atoms with Crippen LogP contribution in [0.25, 0.3) is 0 Å². The van der Waals surface area contributed by atoms with Gasteiger partial charge in [0.05, 0.1) is 4.90 Å². The van der Waals surface area contributed by atoms with Crippen molar-refractivity contribution in [2.45, 2.75) is 50.6 Å². The van der Waals surface area contributed by atoms with Gasteiger partial charge in [0.15, 0.2) is 0 Å². The van der Waals surface area contributed by atoms with Gasteiger partial charge >= 0.3 is 0 Å². The Kier molecular flexibility index (Phi) is 5.35. The van der Waals surface area contributed by atoms with Gasteiger partial charge in [0.25, 0.3) is 0 Å². The molecular formula is C15H23FN2O2S. The number of nitrogens with zero attached hydrogens (tertiary/aromatic N) is 1. The van der Waals surface area contributed by atoms with Crippen LogP contribution in [-0.2, 0) is 16.6 Å². The van der Waals surface area contributed by atoms with Gasteiger partial charge in [-0.25, -0.2) is 12.8 Å². The second-order valence-electron chi connectivity index (χ2n) is 5.54. The van der Waals surface area contributed by atoms with Crippen molar-refractivity contribution in [2.75, 3.05) is 13.1 Å². The third kappa shape index (κ3) is 3.62. The molecule has 0 radical (unpaired) electrons. The molecule has 2 rings (SSSR count). The number of rotatable bonds is 6. The third-order valence-corrected chi connectivity index (χ3v) is 5.87. The average molecular weight is 314 g/mol. The Morgan fingerprint density at radius 1 is 1.43 bits per heavy atom. The largest absolute Gasteiger partial charge is 0.313 e. The SMILES string of the molecule is CCCNCc1cc(S(=O)(=O)N2CCCC2C)ccc1F. The fraction of sp³-hybridized carbons (Fsp3) is 0.600. The summed E-state index contributed by atoms with van der Waals surface area (Å²) in [5, 5.41) is 3.10. The van der Waals surface area contributed by atoms with E-state index in [-0.39, 0.29) is 16.8 Å². The Morgan fingerprint density at radius 3 is 2.81 bits per heavy atom. The lowest BCUT2D eigenvalue weighted by molar-refractivity contribution is 0.408. The predicted octanol–water partition coefficient (Wildman–Crippen LogP) is 2.50. The van der Waals surface area contributed by atoms with Gasteiger partial charge in [-0.05, 0) is 50.9 Å². The molecule has 118 valence electrons. The first-order chi connectivity index (χ1) is 9.96. The van der Waals surface area contributed by atoms with Crippen LogP contribution in [0.4, 0.5) is 4.39 Å². The molecule has 1 aromatic carbocycles. The first-order valence-electron chi connectivity index (χ1n) is 7.47. The maximum absolute atomic E-state index is 13.8. The standard InChI is InChI=1S/C15H23FN2O2S/c1-3-8-17-11-13-10-14(6-7-15(13)16)21(19,20)18-9-4-5-12(18)2/h6-7,10,12,17H,3-5,8-9,11H2,1-2H3. The van der Waals surface area contributed by atoms with Crippen LogP contribution in [0.5, 0.6) is 0 Å². The number of halogens is 1. The van der Waals surface area contributed by atoms with Crippen LogP contribution in [0, 0.1) is 5.82 Å². The molecule has 1 atom stereocenters. The summed E-state index contributed by atoms with van der Waals surface area (Å²) in [7, 11) is -3.52. The van der Waals surface area contributed by atoms with Crippen molar-refractivity contribution in [1.82, 2.24) is 9.62 Å². The van der Waals surface area contributed by atoms with Crippen molar-refractivity contribution >= 4 is 10.0 Å². The van der Waals surface area contributed by atoms with E-state index in [0.717, 1.165) is 25.8 Å². The fourth-order valence-corrected chi connectivity index (χ4v) is 4.40. The summed E-state index contributed by atoms with van der Waals surface area (Å²) >= 11 is 0. The maximum Gasteiger partial charge on any atom is 0.243 e. The normalized spacial score (nSPS) is 20.0. The molecule has 1 aliphatic rings. The van der Waals surface area contributed by atoms with E-state index in [4.69, 9.17) is 0 Å². The van der Waals surface area contributed by atoms with Gasteiger partial charge in [-0.1, -0.05) is 6.92 Å². The number of sulfonamides is 1. The molecular weight excluding hydrogens is 291 g/mol. The summed E-state index contributed by atoms with van der Waals surface area (Å²) < 4.78 is 40.6. The van der Waals surface area contributed by atoms with E-state index in [0.29, 0.717) is 18.7 Å². The minimum atomic E-state index is -3.52. The van der Waals surface area contributed by atoms with E-state index in [1.54, 1.807) is 0 Å². The summed E-state index contributed by atoms with van der Waals surface area (Å²) in [4.78, 5) is 0.186. The van der Waals surface area contributed by atoms with Crippen LogP contribution in [0.2, 0.25) is 0 Å². The molecule has 1 fully saturated rings. The van der Waals surface area contributed by atoms with Gasteiger partial charge in [0, 0.05) is 24.7 Å². The molecule has 0 aliphatic carbocycles. The minimum Gasteiger partial charge on any atom is -0.313 e. The highest BCUT2D eigenvalue weighted by Crippen LogP contribution is 2.26. The highest BCUT2D eigenvalue weighted by atomic mass is 32.2. The maximum atomic E-state index is 13.8. The monoisotopic (exact) mass is 314 g/mol. The van der Waals surface area contributed by atoms with Crippen LogP contribution in [0.1, 0.15) is 38.7 Å². The molecule has 0 spiro atoms. The van der Waals surface area contributed by atoms with Crippen LogP contribution < -0.4 is 5.32 Å². The Bertz CT molecular complexity index is 589. The molecule has 4 nitrogen and oxygen atoms in total. The van der Waals surface area contributed by atoms with Crippen molar-refractivity contribution in [3.63, 3.8) is 0 Å². The van der Waals surface area contributed by atoms with E-state index in [1.165, 1.54) is 22.5 Å². The number of hydrogen-bond acceptors (Lipinski definition) is 3. The van der Waals surface area contributed by atoms with E-state index < -0.39 is 10.0 Å². The van der Waals surface area contributed by atoms with Crippen LogP contribution in [-0.4, -0.2) is 31.9 Å². The Morgan fingerprint density at radius 2 is 2.19 bits per heavy atom. The van der Waals surface area contributed by atoms with E-state index >= 15 is 0 Å². The molecule has 1 aliphatic heterocycles. The number of benzene rings is 1. The average Bonchev–Trinajstić information content (AvgIpc) is 2.88. The van der Waals surface area contributed by atoms with Crippen molar-refractivity contribution < 1.29 is 12.8 Å². The topological polar surface area (TPSA) is 49.4 Å². The zero-order valence-corrected chi connectivity index (χ0v) is 13.4. The van der Waals surface area contributed by atoms with Crippen molar-refractivity contribution in [2.24, 2.45) is 0 Å². The zero-order chi connectivity index (χ0) is 15.5. The van der Waals surface area contributed by atoms with Crippen molar-refractivity contribution in [3.8, 4) is 0 Å². The van der Waals surface area contributed by atoms with E-state index in [1.807, 2.05) is 13.8 Å². The van der Waals surface area contributed by atoms with Crippen molar-refractivity contribution in [3.05, 3.63) is 29.6 Å². The smallest absolute Gasteiger partial charge is 0.243 e. The second-order valence-corrected chi connectivity index (χ2v) is 7.43. The Labute approximate surface area is 126 Å². The lowest BCUT2D eigenvalue weighted by Gasteiger charge is -2.21. The molecule has 1 aromatic rings. The lowest BCUT2D eigenvalue weighted by Crippen LogP contribution is -2.33. The molecule has 1 N–H and O–H groups in total. The second kappa shape index (κ2) is 6.85. The summed E-state index contributed by atoms with van der Waals surface area (Å²) in [6.45, 7) is 5.61. The molecule has 0 saturated carbocycles. The molecule has 21 heavy (non-hydrogen) atoms. The first kappa shape index (κ1) is 16.4. The van der Waals surface area contributed by atoms with Gasteiger partial charge in [-0.2, -0.15) is 4.31 Å². The van der Waals surface area contributed by atoms with Crippen molar-refractivity contribution in [1.29, 1.82) is 0 Å². The summed E-state index contributed by atoms with van der Waals surface area (Å²) in [6.07, 6.45) is 2.71. The fourth-order valence-electron chi connectivity index (χ4n) is 2.65. The van der Waals surface area contributed by atoms with Crippen LogP contribution >= 0.6 is 0 Å². The highest BCUT2D eigenvalue weighted by Gasteiger charge is 2.32. The third-order valence-electron chi connectivity index (χ3n) is 3.86.